The van der Waals surface area contributed by atoms with Crippen molar-refractivity contribution >= 4 is 66.6 Å². The normalized spacial score (nSPS) is 20.1. The molecule has 2 unspecified atom stereocenters. The van der Waals surface area contributed by atoms with E-state index in [4.69, 9.17) is 18.6 Å². The van der Waals surface area contributed by atoms with Gasteiger partial charge in [-0.25, -0.2) is 0 Å². The zero-order chi connectivity index (χ0) is 39.3. The molecule has 0 radical (unpaired) electrons. The standard InChI is InChI=1S/C46H76B2O4S2/c1-13-15-17-19-21-23-25-27-29-33(3)39-35-31-37(47-49-43(5,6)44(7,8)50-47)54-42(35)40(34(4)30-28-26-24-22-20-18-16-14-2)36-32-38(53-41(36)39)48-51-45(9,10)46(11,12)52-48/h31-34H,13-30H2,1-12H3. The SMILES string of the molecule is CCCCCCCCCCC(C)c1c2cc(B3OC(C)(C)C(C)(C)O3)sc2c(C(C)CCCCCCCCCC)c2cc(B3OC(C)(C)C(C)(C)O3)sc12. The fourth-order valence-electron chi connectivity index (χ4n) is 8.45. The molecule has 1 aromatic carbocycles. The Hall–Kier alpha value is -0.890. The van der Waals surface area contributed by atoms with Crippen LogP contribution in [0.4, 0.5) is 0 Å². The van der Waals surface area contributed by atoms with E-state index < -0.39 is 0 Å². The molecule has 2 aromatic heterocycles. The van der Waals surface area contributed by atoms with Crippen LogP contribution in [-0.2, 0) is 18.6 Å². The molecule has 302 valence electrons. The Balaban J connectivity index is 1.52. The third-order valence-electron chi connectivity index (χ3n) is 13.5. The molecule has 0 saturated carbocycles. The first-order chi connectivity index (χ1) is 25.5. The summed E-state index contributed by atoms with van der Waals surface area (Å²) in [7, 11) is -0.699. The van der Waals surface area contributed by atoms with Crippen LogP contribution in [0.3, 0.4) is 0 Å². The van der Waals surface area contributed by atoms with E-state index in [1.165, 1.54) is 156 Å². The number of rotatable bonds is 22. The van der Waals surface area contributed by atoms with Crippen LogP contribution >= 0.6 is 22.7 Å². The van der Waals surface area contributed by atoms with Crippen LogP contribution in [0.5, 0.6) is 0 Å². The zero-order valence-corrected chi connectivity index (χ0v) is 38.3. The summed E-state index contributed by atoms with van der Waals surface area (Å²) in [6, 6.07) is 4.92. The molecule has 2 fully saturated rings. The van der Waals surface area contributed by atoms with Gasteiger partial charge in [0, 0.05) is 19.0 Å². The van der Waals surface area contributed by atoms with Gasteiger partial charge < -0.3 is 18.6 Å². The highest BCUT2D eigenvalue weighted by atomic mass is 32.1. The molecule has 2 atom stereocenters. The van der Waals surface area contributed by atoms with E-state index in [0.717, 1.165) is 0 Å². The van der Waals surface area contributed by atoms with E-state index in [2.05, 4.69) is 95.2 Å². The summed E-state index contributed by atoms with van der Waals surface area (Å²) in [6.07, 6.45) is 24.0. The molecule has 0 aliphatic carbocycles. The number of thiophene rings is 2. The van der Waals surface area contributed by atoms with Crippen molar-refractivity contribution in [1.82, 2.24) is 0 Å². The lowest BCUT2D eigenvalue weighted by Gasteiger charge is -2.32. The van der Waals surface area contributed by atoms with Crippen LogP contribution in [0, 0.1) is 0 Å². The van der Waals surface area contributed by atoms with E-state index in [0.29, 0.717) is 11.8 Å². The third kappa shape index (κ3) is 10.0. The van der Waals surface area contributed by atoms with Crippen LogP contribution < -0.4 is 9.55 Å². The van der Waals surface area contributed by atoms with Crippen molar-refractivity contribution in [3.8, 4) is 0 Å². The Kier molecular flexibility index (Phi) is 15.4. The summed E-state index contributed by atoms with van der Waals surface area (Å²) in [5.74, 6) is 0.885. The Morgan fingerprint density at radius 1 is 0.463 bits per heavy atom. The smallest absolute Gasteiger partial charge is 0.399 e. The van der Waals surface area contributed by atoms with Gasteiger partial charge in [0.25, 0.3) is 0 Å². The lowest BCUT2D eigenvalue weighted by atomic mass is 9.82. The highest BCUT2D eigenvalue weighted by Crippen LogP contribution is 2.47. The van der Waals surface area contributed by atoms with Crippen molar-refractivity contribution in [2.75, 3.05) is 0 Å². The predicted molar refractivity (Wildman–Crippen MR) is 240 cm³/mol. The van der Waals surface area contributed by atoms with Crippen molar-refractivity contribution in [1.29, 1.82) is 0 Å². The monoisotopic (exact) mass is 779 g/mol. The number of unbranched alkanes of at least 4 members (excludes halogenated alkanes) is 14. The molecule has 4 heterocycles. The van der Waals surface area contributed by atoms with Crippen LogP contribution in [0.25, 0.3) is 20.2 Å². The topological polar surface area (TPSA) is 36.9 Å². The molecular formula is C46H76B2O4S2. The van der Waals surface area contributed by atoms with Crippen LogP contribution in [0.2, 0.25) is 0 Å². The fourth-order valence-corrected chi connectivity index (χ4v) is 11.1. The number of fused-ring (bicyclic) bond motifs is 2. The number of benzene rings is 1. The Labute approximate surface area is 339 Å². The average Bonchev–Trinajstić information content (AvgIpc) is 3.83. The number of hydrogen-bond donors (Lipinski definition) is 0. The van der Waals surface area contributed by atoms with Gasteiger partial charge in [0.2, 0.25) is 0 Å². The quantitative estimate of drug-likeness (QED) is 0.0752. The molecule has 0 bridgehead atoms. The molecule has 2 aliphatic heterocycles. The van der Waals surface area contributed by atoms with Crippen LogP contribution in [0.1, 0.15) is 222 Å². The van der Waals surface area contributed by atoms with Gasteiger partial charge in [0.15, 0.2) is 0 Å². The molecule has 4 nitrogen and oxygen atoms in total. The maximum Gasteiger partial charge on any atom is 0.505 e. The summed E-state index contributed by atoms with van der Waals surface area (Å²) in [5, 5.41) is 2.84. The Morgan fingerprint density at radius 2 is 0.741 bits per heavy atom. The summed E-state index contributed by atoms with van der Waals surface area (Å²) in [5.41, 5.74) is 1.54. The molecule has 2 aliphatic rings. The van der Waals surface area contributed by atoms with Gasteiger partial charge in [-0.15, -0.1) is 22.7 Å². The van der Waals surface area contributed by atoms with Gasteiger partial charge in [-0.1, -0.05) is 130 Å². The molecule has 2 saturated heterocycles. The second kappa shape index (κ2) is 18.8. The molecule has 5 rings (SSSR count). The van der Waals surface area contributed by atoms with Gasteiger partial charge in [0.05, 0.1) is 22.4 Å². The summed E-state index contributed by atoms with van der Waals surface area (Å²) in [6.45, 7) is 26.9. The summed E-state index contributed by atoms with van der Waals surface area (Å²) in [4.78, 5) is 0. The maximum absolute atomic E-state index is 6.70. The first-order valence-corrected chi connectivity index (χ1v) is 23.9. The first kappa shape index (κ1) is 44.2. The minimum atomic E-state index is -0.370. The van der Waals surface area contributed by atoms with E-state index in [1.54, 1.807) is 0 Å². The molecule has 54 heavy (non-hydrogen) atoms. The van der Waals surface area contributed by atoms with E-state index in [9.17, 15) is 0 Å². The van der Waals surface area contributed by atoms with Crippen molar-refractivity contribution in [3.05, 3.63) is 23.3 Å². The van der Waals surface area contributed by atoms with Crippen molar-refractivity contribution < 1.29 is 18.6 Å². The minimum absolute atomic E-state index is 0.350. The Morgan fingerprint density at radius 3 is 1.04 bits per heavy atom. The first-order valence-electron chi connectivity index (χ1n) is 22.3. The Bertz CT molecular complexity index is 1430. The van der Waals surface area contributed by atoms with Gasteiger partial charge in [-0.05, 0) is 114 Å². The van der Waals surface area contributed by atoms with E-state index >= 15 is 0 Å². The van der Waals surface area contributed by atoms with Gasteiger partial charge in [0.1, 0.15) is 0 Å². The van der Waals surface area contributed by atoms with Crippen molar-refractivity contribution in [2.24, 2.45) is 0 Å². The molecule has 0 N–H and O–H groups in total. The molecule has 8 heteroatoms. The van der Waals surface area contributed by atoms with E-state index in [-0.39, 0.29) is 36.6 Å². The van der Waals surface area contributed by atoms with Gasteiger partial charge in [-0.3, -0.25) is 0 Å². The molecule has 3 aromatic rings. The highest BCUT2D eigenvalue weighted by molar-refractivity contribution is 7.30. The molecule has 0 spiro atoms. The second-order valence-corrected chi connectivity index (χ2v) is 21.3. The van der Waals surface area contributed by atoms with Gasteiger partial charge in [-0.2, -0.15) is 0 Å². The predicted octanol–water partition coefficient (Wildman–Crippen LogP) is 14.0. The van der Waals surface area contributed by atoms with Crippen molar-refractivity contribution in [2.45, 2.75) is 233 Å². The lowest BCUT2D eigenvalue weighted by Crippen LogP contribution is -2.41. The molecular weight excluding hydrogens is 702 g/mol. The van der Waals surface area contributed by atoms with E-state index in [1.807, 2.05) is 22.7 Å². The van der Waals surface area contributed by atoms with Gasteiger partial charge >= 0.3 is 14.2 Å². The van der Waals surface area contributed by atoms with Crippen molar-refractivity contribution in [3.63, 3.8) is 0 Å². The maximum atomic E-state index is 6.70. The summed E-state index contributed by atoms with van der Waals surface area (Å²) >= 11 is 3.85. The fraction of sp³-hybridized carbons (Fsp3) is 0.783. The highest BCUT2D eigenvalue weighted by Gasteiger charge is 2.53. The number of hydrogen-bond acceptors (Lipinski definition) is 6. The third-order valence-corrected chi connectivity index (χ3v) is 15.9. The lowest BCUT2D eigenvalue weighted by molar-refractivity contribution is 0.00578. The van der Waals surface area contributed by atoms with Crippen LogP contribution in [-0.4, -0.2) is 36.6 Å². The summed E-state index contributed by atoms with van der Waals surface area (Å²) < 4.78 is 32.1. The zero-order valence-electron chi connectivity index (χ0n) is 36.6. The van der Waals surface area contributed by atoms with Crippen LogP contribution in [0.15, 0.2) is 12.1 Å². The molecule has 0 amide bonds. The second-order valence-electron chi connectivity index (χ2n) is 19.1. The largest absolute Gasteiger partial charge is 0.505 e. The minimum Gasteiger partial charge on any atom is -0.399 e. The average molecular weight is 779 g/mol.